The largest absolute Gasteiger partial charge is 0.494 e. The Balaban J connectivity index is 1.50. The molecule has 1 aromatic heterocycles. The highest BCUT2D eigenvalue weighted by atomic mass is 16.5. The number of hydrogen-bond donors (Lipinski definition) is 2. The first kappa shape index (κ1) is 21.0. The lowest BCUT2D eigenvalue weighted by Crippen LogP contribution is -2.44. The van der Waals surface area contributed by atoms with E-state index in [4.69, 9.17) is 18.6 Å². The minimum Gasteiger partial charge on any atom is -0.494 e. The predicted molar refractivity (Wildman–Crippen MR) is 113 cm³/mol. The lowest BCUT2D eigenvalue weighted by atomic mass is 9.81. The normalized spacial score (nSPS) is 23.5. The summed E-state index contributed by atoms with van der Waals surface area (Å²) in [5.41, 5.74) is 0.499. The van der Waals surface area contributed by atoms with Crippen LogP contribution in [-0.4, -0.2) is 37.2 Å². The van der Waals surface area contributed by atoms with Gasteiger partial charge in [-0.05, 0) is 38.1 Å². The van der Waals surface area contributed by atoms with Crippen LogP contribution in [0.3, 0.4) is 0 Å². The van der Waals surface area contributed by atoms with E-state index in [1.807, 2.05) is 26.0 Å². The lowest BCUT2D eigenvalue weighted by molar-refractivity contribution is -0.131. The second kappa shape index (κ2) is 9.26. The second-order valence-corrected chi connectivity index (χ2v) is 7.31. The Morgan fingerprint density at radius 2 is 1.74 bits per heavy atom. The summed E-state index contributed by atoms with van der Waals surface area (Å²) in [7, 11) is 0. The van der Waals surface area contributed by atoms with Gasteiger partial charge in [-0.25, -0.2) is 0 Å². The molecule has 2 aliphatic heterocycles. The molecule has 3 heterocycles. The van der Waals surface area contributed by atoms with Gasteiger partial charge >= 0.3 is 0 Å². The smallest absolute Gasteiger partial charge is 0.231 e. The zero-order chi connectivity index (χ0) is 21.8. The monoisotopic (exact) mass is 426 g/mol. The Morgan fingerprint density at radius 3 is 2.42 bits per heavy atom. The Labute approximate surface area is 180 Å². The molecule has 0 spiro atoms. The van der Waals surface area contributed by atoms with E-state index in [0.29, 0.717) is 36.2 Å². The Morgan fingerprint density at radius 1 is 1.00 bits per heavy atom. The fourth-order valence-electron chi connectivity index (χ4n) is 4.00. The highest BCUT2D eigenvalue weighted by molar-refractivity contribution is 5.98. The zero-order valence-electron chi connectivity index (χ0n) is 17.5. The molecule has 8 nitrogen and oxygen atoms in total. The van der Waals surface area contributed by atoms with E-state index in [2.05, 4.69) is 10.6 Å². The summed E-state index contributed by atoms with van der Waals surface area (Å²) >= 11 is 0. The van der Waals surface area contributed by atoms with Crippen molar-refractivity contribution in [1.82, 2.24) is 5.32 Å². The zero-order valence-corrected chi connectivity index (χ0v) is 17.5. The van der Waals surface area contributed by atoms with Crippen molar-refractivity contribution in [3.63, 3.8) is 0 Å². The van der Waals surface area contributed by atoms with Crippen LogP contribution < -0.4 is 20.1 Å². The van der Waals surface area contributed by atoms with Crippen LogP contribution >= 0.6 is 0 Å². The highest BCUT2D eigenvalue weighted by Gasteiger charge is 2.53. The molecule has 1 aromatic carbocycles. The third-order valence-corrected chi connectivity index (χ3v) is 5.34. The number of fused-ring (bicyclic) bond motifs is 2. The number of hydrogen-bond acceptors (Lipinski definition) is 6. The first-order chi connectivity index (χ1) is 15.1. The van der Waals surface area contributed by atoms with Gasteiger partial charge in [-0.2, -0.15) is 0 Å². The van der Waals surface area contributed by atoms with Gasteiger partial charge in [-0.15, -0.1) is 0 Å². The van der Waals surface area contributed by atoms with Gasteiger partial charge in [0.1, 0.15) is 17.3 Å². The summed E-state index contributed by atoms with van der Waals surface area (Å²) in [6.45, 7) is 4.97. The molecule has 0 saturated carbocycles. The Hall–Kier alpha value is -3.26. The molecule has 1 saturated heterocycles. The summed E-state index contributed by atoms with van der Waals surface area (Å²) in [6, 6.07) is 8.81. The fourth-order valence-corrected chi connectivity index (χ4v) is 4.00. The van der Waals surface area contributed by atoms with E-state index in [-0.39, 0.29) is 18.4 Å². The third kappa shape index (κ3) is 4.44. The van der Waals surface area contributed by atoms with E-state index in [0.717, 1.165) is 0 Å². The van der Waals surface area contributed by atoms with Crippen LogP contribution in [0.4, 0.5) is 5.69 Å². The number of carbonyl (C=O) groups is 2. The molecule has 1 fully saturated rings. The quantitative estimate of drug-likeness (QED) is 0.598. The Bertz CT molecular complexity index is 955. The molecule has 2 aliphatic rings. The first-order valence-electron chi connectivity index (χ1n) is 10.4. The fraction of sp³-hybridized carbons (Fsp3) is 0.391. The number of amides is 2. The molecule has 4 atom stereocenters. The van der Waals surface area contributed by atoms with Gasteiger partial charge in [-0.1, -0.05) is 12.2 Å². The standard InChI is InChI=1S/C23H26N2O6/c1-3-28-14-7-8-17(29-4-2)16(12-14)25-23(27)21-19-10-9-18(31-19)20(21)22(26)24-13-15-6-5-11-30-15/h5-12,18-21H,3-4,13H2,1-2H3,(H,24,26)(H,25,27)/t18-,19+,20+,21+/m1/s1. The molecule has 0 unspecified atom stereocenters. The van der Waals surface area contributed by atoms with Crippen molar-refractivity contribution < 1.29 is 28.2 Å². The van der Waals surface area contributed by atoms with Crippen molar-refractivity contribution in [2.75, 3.05) is 18.5 Å². The van der Waals surface area contributed by atoms with Crippen LogP contribution in [0.2, 0.25) is 0 Å². The number of benzene rings is 1. The van der Waals surface area contributed by atoms with Crippen LogP contribution in [-0.2, 0) is 20.9 Å². The number of furan rings is 1. The van der Waals surface area contributed by atoms with Gasteiger partial charge < -0.3 is 29.3 Å². The minimum absolute atomic E-state index is 0.249. The van der Waals surface area contributed by atoms with Crippen LogP contribution in [0.1, 0.15) is 19.6 Å². The van der Waals surface area contributed by atoms with Crippen LogP contribution in [0, 0.1) is 11.8 Å². The predicted octanol–water partition coefficient (Wildman–Crippen LogP) is 2.90. The van der Waals surface area contributed by atoms with Gasteiger partial charge in [0, 0.05) is 6.07 Å². The number of nitrogens with one attached hydrogen (secondary N) is 2. The van der Waals surface area contributed by atoms with E-state index in [1.54, 1.807) is 36.6 Å². The minimum atomic E-state index is -0.656. The van der Waals surface area contributed by atoms with Gasteiger partial charge in [-0.3, -0.25) is 9.59 Å². The molecule has 4 rings (SSSR count). The van der Waals surface area contributed by atoms with Crippen LogP contribution in [0.25, 0.3) is 0 Å². The highest BCUT2D eigenvalue weighted by Crippen LogP contribution is 2.40. The molecule has 2 aromatic rings. The van der Waals surface area contributed by atoms with Crippen molar-refractivity contribution in [3.05, 3.63) is 54.5 Å². The van der Waals surface area contributed by atoms with E-state index in [1.165, 1.54) is 0 Å². The second-order valence-electron chi connectivity index (χ2n) is 7.31. The maximum absolute atomic E-state index is 13.3. The SMILES string of the molecule is CCOc1ccc(OCC)c(NC(=O)[C@@H]2[C@@H](C(=O)NCc3ccco3)[C@H]3C=C[C@@H]2O3)c1. The molecular formula is C23H26N2O6. The van der Waals surface area contributed by atoms with Gasteiger partial charge in [0.05, 0.1) is 55.8 Å². The molecule has 0 radical (unpaired) electrons. The van der Waals surface area contributed by atoms with Gasteiger partial charge in [0.2, 0.25) is 11.8 Å². The summed E-state index contributed by atoms with van der Waals surface area (Å²) in [5.74, 6) is -0.0302. The van der Waals surface area contributed by atoms with Crippen molar-refractivity contribution in [3.8, 4) is 11.5 Å². The first-order valence-corrected chi connectivity index (χ1v) is 10.4. The van der Waals surface area contributed by atoms with Crippen molar-refractivity contribution in [2.45, 2.75) is 32.6 Å². The van der Waals surface area contributed by atoms with Crippen molar-refractivity contribution >= 4 is 17.5 Å². The molecule has 2 amide bonds. The van der Waals surface area contributed by atoms with E-state index in [9.17, 15) is 9.59 Å². The summed E-state index contributed by atoms with van der Waals surface area (Å²) in [6.07, 6.45) is 4.35. The summed E-state index contributed by atoms with van der Waals surface area (Å²) < 4.78 is 22.3. The van der Waals surface area contributed by atoms with Crippen molar-refractivity contribution in [2.24, 2.45) is 11.8 Å². The summed E-state index contributed by atoms with van der Waals surface area (Å²) in [4.78, 5) is 26.2. The molecular weight excluding hydrogens is 400 g/mol. The maximum atomic E-state index is 13.3. The molecule has 2 N–H and O–H groups in total. The van der Waals surface area contributed by atoms with Crippen LogP contribution in [0.5, 0.6) is 11.5 Å². The van der Waals surface area contributed by atoms with Crippen LogP contribution in [0.15, 0.2) is 53.2 Å². The number of ether oxygens (including phenoxy) is 3. The van der Waals surface area contributed by atoms with Gasteiger partial charge in [0.25, 0.3) is 0 Å². The number of anilines is 1. The van der Waals surface area contributed by atoms with Crippen molar-refractivity contribution in [1.29, 1.82) is 0 Å². The topological polar surface area (TPSA) is 99.0 Å². The van der Waals surface area contributed by atoms with E-state index < -0.39 is 24.0 Å². The Kier molecular flexibility index (Phi) is 6.27. The molecule has 164 valence electrons. The average molecular weight is 426 g/mol. The third-order valence-electron chi connectivity index (χ3n) is 5.34. The molecule has 8 heteroatoms. The maximum Gasteiger partial charge on any atom is 0.231 e. The molecule has 31 heavy (non-hydrogen) atoms. The molecule has 0 aliphatic carbocycles. The lowest BCUT2D eigenvalue weighted by Gasteiger charge is -2.24. The summed E-state index contributed by atoms with van der Waals surface area (Å²) in [5, 5.41) is 5.77. The number of carbonyl (C=O) groups excluding carboxylic acids is 2. The average Bonchev–Trinajstić information content (AvgIpc) is 3.51. The van der Waals surface area contributed by atoms with Gasteiger partial charge in [0.15, 0.2) is 0 Å². The number of rotatable bonds is 9. The molecule has 2 bridgehead atoms. The van der Waals surface area contributed by atoms with E-state index >= 15 is 0 Å².